The van der Waals surface area contributed by atoms with Gasteiger partial charge < -0.3 is 16.0 Å². The minimum atomic E-state index is -0.152. The van der Waals surface area contributed by atoms with Crippen molar-refractivity contribution in [2.45, 2.75) is 19.8 Å². The van der Waals surface area contributed by atoms with E-state index in [4.69, 9.17) is 5.73 Å². The lowest BCUT2D eigenvalue weighted by Crippen LogP contribution is -2.18. The third-order valence-corrected chi connectivity index (χ3v) is 3.63. The van der Waals surface area contributed by atoms with Crippen LogP contribution in [0.5, 0.6) is 0 Å². The van der Waals surface area contributed by atoms with Crippen LogP contribution in [-0.4, -0.2) is 19.5 Å². The summed E-state index contributed by atoms with van der Waals surface area (Å²) in [5, 5.41) is 2.83. The van der Waals surface area contributed by atoms with Crippen molar-refractivity contribution >= 4 is 47.8 Å². The van der Waals surface area contributed by atoms with Crippen LogP contribution in [0.1, 0.15) is 30.1 Å². The summed E-state index contributed by atoms with van der Waals surface area (Å²) in [4.78, 5) is 14.4. The lowest BCUT2D eigenvalue weighted by atomic mass is 10.1. The first-order valence-electron chi connectivity index (χ1n) is 7.59. The van der Waals surface area contributed by atoms with E-state index in [0.29, 0.717) is 16.9 Å². The van der Waals surface area contributed by atoms with E-state index in [-0.39, 0.29) is 30.7 Å². The maximum atomic E-state index is 12.2. The molecular formula is C18H25Cl2N3O. The second-order valence-corrected chi connectivity index (χ2v) is 5.36. The molecule has 0 aliphatic rings. The number of nitrogens with one attached hydrogen (secondary N) is 1. The van der Waals surface area contributed by atoms with Crippen molar-refractivity contribution in [2.75, 3.05) is 29.5 Å². The predicted octanol–water partition coefficient (Wildman–Crippen LogP) is 4.60. The first-order valence-corrected chi connectivity index (χ1v) is 7.59. The summed E-state index contributed by atoms with van der Waals surface area (Å²) < 4.78 is 0. The van der Waals surface area contributed by atoms with E-state index < -0.39 is 0 Å². The SMILES string of the molecule is CCCCN(C)c1ccc(C(=O)Nc2ccccc2N)cc1.Cl.Cl. The number of rotatable bonds is 6. The number of unbranched alkanes of at least 4 members (excludes halogenated alkanes) is 1. The minimum Gasteiger partial charge on any atom is -0.397 e. The lowest BCUT2D eigenvalue weighted by molar-refractivity contribution is 0.102. The number of benzene rings is 2. The Bertz CT molecular complexity index is 632. The second-order valence-electron chi connectivity index (χ2n) is 5.36. The van der Waals surface area contributed by atoms with Crippen LogP contribution in [0.4, 0.5) is 17.1 Å². The number of hydrogen-bond acceptors (Lipinski definition) is 3. The molecule has 0 unspecified atom stereocenters. The van der Waals surface area contributed by atoms with Crippen LogP contribution >= 0.6 is 24.8 Å². The Labute approximate surface area is 156 Å². The van der Waals surface area contributed by atoms with Gasteiger partial charge in [-0.25, -0.2) is 0 Å². The number of para-hydroxylation sites is 2. The number of anilines is 3. The number of nitrogen functional groups attached to an aromatic ring is 1. The standard InChI is InChI=1S/C18H23N3O.2ClH/c1-3-4-13-21(2)15-11-9-14(10-12-15)18(22)20-17-8-6-5-7-16(17)19;;/h5-12H,3-4,13,19H2,1-2H3,(H,20,22);2*1H. The second kappa shape index (κ2) is 10.8. The first-order chi connectivity index (χ1) is 10.6. The van der Waals surface area contributed by atoms with Gasteiger partial charge in [0.1, 0.15) is 0 Å². The van der Waals surface area contributed by atoms with E-state index in [2.05, 4.69) is 24.2 Å². The van der Waals surface area contributed by atoms with Crippen molar-refractivity contribution in [2.24, 2.45) is 0 Å². The van der Waals surface area contributed by atoms with Gasteiger partial charge in [-0.2, -0.15) is 0 Å². The molecule has 132 valence electrons. The molecular weight excluding hydrogens is 345 g/mol. The maximum absolute atomic E-state index is 12.2. The predicted molar refractivity (Wildman–Crippen MR) is 108 cm³/mol. The van der Waals surface area contributed by atoms with Crippen molar-refractivity contribution in [3.8, 4) is 0 Å². The van der Waals surface area contributed by atoms with E-state index in [1.54, 1.807) is 12.1 Å². The average molecular weight is 370 g/mol. The summed E-state index contributed by atoms with van der Waals surface area (Å²) in [7, 11) is 2.06. The lowest BCUT2D eigenvalue weighted by Gasteiger charge is -2.19. The Morgan fingerprint density at radius 1 is 1.08 bits per heavy atom. The fourth-order valence-corrected chi connectivity index (χ4v) is 2.20. The molecule has 24 heavy (non-hydrogen) atoms. The highest BCUT2D eigenvalue weighted by Crippen LogP contribution is 2.19. The topological polar surface area (TPSA) is 58.4 Å². The van der Waals surface area contributed by atoms with E-state index in [1.807, 2.05) is 36.4 Å². The van der Waals surface area contributed by atoms with Gasteiger partial charge >= 0.3 is 0 Å². The molecule has 0 atom stereocenters. The van der Waals surface area contributed by atoms with Crippen molar-refractivity contribution in [1.82, 2.24) is 0 Å². The number of halogens is 2. The molecule has 3 N–H and O–H groups in total. The van der Waals surface area contributed by atoms with Crippen LogP contribution in [-0.2, 0) is 0 Å². The van der Waals surface area contributed by atoms with Crippen LogP contribution in [0.2, 0.25) is 0 Å². The summed E-state index contributed by atoms with van der Waals surface area (Å²) in [5.41, 5.74) is 8.77. The number of carbonyl (C=O) groups is 1. The van der Waals surface area contributed by atoms with E-state index in [0.717, 1.165) is 18.7 Å². The Hall–Kier alpha value is -1.91. The highest BCUT2D eigenvalue weighted by Gasteiger charge is 2.08. The van der Waals surface area contributed by atoms with Crippen LogP contribution < -0.4 is 16.0 Å². The van der Waals surface area contributed by atoms with Crippen LogP contribution in [0.15, 0.2) is 48.5 Å². The molecule has 0 radical (unpaired) electrons. The van der Waals surface area contributed by atoms with Gasteiger partial charge in [0.15, 0.2) is 0 Å². The number of nitrogens with two attached hydrogens (primary N) is 1. The summed E-state index contributed by atoms with van der Waals surface area (Å²) in [6.45, 7) is 3.19. The van der Waals surface area contributed by atoms with Crippen molar-refractivity contribution in [3.63, 3.8) is 0 Å². The first kappa shape index (κ1) is 22.1. The minimum absolute atomic E-state index is 0. The van der Waals surface area contributed by atoms with E-state index >= 15 is 0 Å². The van der Waals surface area contributed by atoms with Crippen LogP contribution in [0.3, 0.4) is 0 Å². The molecule has 2 aromatic carbocycles. The zero-order valence-corrected chi connectivity index (χ0v) is 15.6. The molecule has 0 bridgehead atoms. The smallest absolute Gasteiger partial charge is 0.255 e. The molecule has 2 aromatic rings. The van der Waals surface area contributed by atoms with E-state index in [9.17, 15) is 4.79 Å². The molecule has 0 spiro atoms. The Balaban J connectivity index is 0.00000264. The molecule has 0 saturated heterocycles. The number of amides is 1. The molecule has 4 nitrogen and oxygen atoms in total. The van der Waals surface area contributed by atoms with Gasteiger partial charge in [0, 0.05) is 24.8 Å². The third-order valence-electron chi connectivity index (χ3n) is 3.63. The molecule has 1 amide bonds. The Kier molecular flexibility index (Phi) is 9.93. The molecule has 2 rings (SSSR count). The summed E-state index contributed by atoms with van der Waals surface area (Å²) in [6, 6.07) is 14.9. The molecule has 0 aliphatic carbocycles. The van der Waals surface area contributed by atoms with Gasteiger partial charge in [-0.3, -0.25) is 4.79 Å². The zero-order chi connectivity index (χ0) is 15.9. The number of nitrogens with zero attached hydrogens (tertiary/aromatic N) is 1. The molecule has 0 saturated carbocycles. The fraction of sp³-hybridized carbons (Fsp3) is 0.278. The molecule has 0 aliphatic heterocycles. The maximum Gasteiger partial charge on any atom is 0.255 e. The van der Waals surface area contributed by atoms with Gasteiger partial charge in [-0.1, -0.05) is 25.5 Å². The molecule has 6 heteroatoms. The Morgan fingerprint density at radius 3 is 2.29 bits per heavy atom. The summed E-state index contributed by atoms with van der Waals surface area (Å²) in [5.74, 6) is -0.152. The highest BCUT2D eigenvalue weighted by atomic mass is 35.5. The third kappa shape index (κ3) is 5.95. The number of carbonyl (C=O) groups excluding carboxylic acids is 1. The normalized spacial score (nSPS) is 9.42. The van der Waals surface area contributed by atoms with Gasteiger partial charge in [-0.05, 0) is 42.8 Å². The van der Waals surface area contributed by atoms with Crippen molar-refractivity contribution in [3.05, 3.63) is 54.1 Å². The highest BCUT2D eigenvalue weighted by molar-refractivity contribution is 6.05. The zero-order valence-electron chi connectivity index (χ0n) is 14.0. The number of hydrogen-bond donors (Lipinski definition) is 2. The van der Waals surface area contributed by atoms with Gasteiger partial charge in [-0.15, -0.1) is 24.8 Å². The van der Waals surface area contributed by atoms with E-state index in [1.165, 1.54) is 6.42 Å². The van der Waals surface area contributed by atoms with Crippen LogP contribution in [0.25, 0.3) is 0 Å². The van der Waals surface area contributed by atoms with Crippen molar-refractivity contribution in [1.29, 1.82) is 0 Å². The quantitative estimate of drug-likeness (QED) is 0.731. The Morgan fingerprint density at radius 2 is 1.71 bits per heavy atom. The summed E-state index contributed by atoms with van der Waals surface area (Å²) in [6.07, 6.45) is 2.33. The van der Waals surface area contributed by atoms with Crippen molar-refractivity contribution < 1.29 is 4.79 Å². The van der Waals surface area contributed by atoms with Crippen LogP contribution in [0, 0.1) is 0 Å². The fourth-order valence-electron chi connectivity index (χ4n) is 2.20. The van der Waals surface area contributed by atoms with Gasteiger partial charge in [0.25, 0.3) is 5.91 Å². The summed E-state index contributed by atoms with van der Waals surface area (Å²) >= 11 is 0. The largest absolute Gasteiger partial charge is 0.397 e. The molecule has 0 fully saturated rings. The van der Waals surface area contributed by atoms with Gasteiger partial charge in [0.2, 0.25) is 0 Å². The monoisotopic (exact) mass is 369 g/mol. The molecule has 0 heterocycles. The van der Waals surface area contributed by atoms with Gasteiger partial charge in [0.05, 0.1) is 11.4 Å². The average Bonchev–Trinajstić information content (AvgIpc) is 2.55. The molecule has 0 aromatic heterocycles.